The van der Waals surface area contributed by atoms with Crippen molar-refractivity contribution in [1.29, 1.82) is 0 Å². The number of piperidine rings is 1. The summed E-state index contributed by atoms with van der Waals surface area (Å²) in [6.45, 7) is 5.78. The Morgan fingerprint density at radius 3 is 2.62 bits per heavy atom. The second-order valence-corrected chi connectivity index (χ2v) is 5.46. The van der Waals surface area contributed by atoms with Crippen LogP contribution < -0.4 is 0 Å². The minimum absolute atomic E-state index is 0.116. The summed E-state index contributed by atoms with van der Waals surface area (Å²) in [5.74, 6) is 0.325. The van der Waals surface area contributed by atoms with E-state index in [0.717, 1.165) is 5.57 Å². The fourth-order valence-corrected chi connectivity index (χ4v) is 3.01. The molecule has 0 N–H and O–H groups in total. The van der Waals surface area contributed by atoms with Crippen LogP contribution in [0.3, 0.4) is 0 Å². The zero-order chi connectivity index (χ0) is 15.2. The number of benzene rings is 1. The third-order valence-electron chi connectivity index (χ3n) is 4.06. The molecule has 1 aromatic rings. The van der Waals surface area contributed by atoms with Gasteiger partial charge in [-0.15, -0.1) is 0 Å². The van der Waals surface area contributed by atoms with Gasteiger partial charge in [0.15, 0.2) is 0 Å². The highest BCUT2D eigenvalue weighted by molar-refractivity contribution is 5.81. The van der Waals surface area contributed by atoms with Crippen molar-refractivity contribution in [3.05, 3.63) is 72.4 Å². The Labute approximate surface area is 127 Å². The van der Waals surface area contributed by atoms with Gasteiger partial charge in [-0.1, -0.05) is 61.2 Å². The Balaban J connectivity index is 2.33. The van der Waals surface area contributed by atoms with E-state index in [-0.39, 0.29) is 12.1 Å². The minimum Gasteiger partial charge on any atom is -0.300 e. The van der Waals surface area contributed by atoms with Crippen molar-refractivity contribution in [2.75, 3.05) is 7.05 Å². The molecule has 2 heteroatoms. The molecule has 2 unspecified atom stereocenters. The topological polar surface area (TPSA) is 20.3 Å². The molecule has 0 bridgehead atoms. The molecule has 1 aliphatic heterocycles. The van der Waals surface area contributed by atoms with E-state index in [2.05, 4.69) is 36.7 Å². The molecule has 21 heavy (non-hydrogen) atoms. The molecule has 1 fully saturated rings. The van der Waals surface area contributed by atoms with Crippen LogP contribution in [0.15, 0.2) is 66.8 Å². The average molecular weight is 281 g/mol. The third-order valence-corrected chi connectivity index (χ3v) is 4.06. The molecule has 0 amide bonds. The number of hydrogen-bond donors (Lipinski definition) is 0. The first kappa shape index (κ1) is 15.5. The first-order valence-corrected chi connectivity index (χ1v) is 7.41. The maximum absolute atomic E-state index is 12.2. The van der Waals surface area contributed by atoms with Crippen LogP contribution in [0, 0.1) is 0 Å². The molecule has 0 saturated carbocycles. The predicted octanol–water partition coefficient (Wildman–Crippen LogP) is 4.08. The van der Waals surface area contributed by atoms with Crippen molar-refractivity contribution in [3.8, 4) is 0 Å². The van der Waals surface area contributed by atoms with Gasteiger partial charge in [-0.25, -0.2) is 0 Å². The lowest BCUT2D eigenvalue weighted by Crippen LogP contribution is -2.43. The van der Waals surface area contributed by atoms with Crippen LogP contribution in [0.4, 0.5) is 0 Å². The maximum atomic E-state index is 12.2. The number of rotatable bonds is 4. The summed E-state index contributed by atoms with van der Waals surface area (Å²) in [6, 6.07) is 10.5. The van der Waals surface area contributed by atoms with Crippen LogP contribution >= 0.6 is 0 Å². The Hall–Kier alpha value is -1.93. The number of hydrogen-bond acceptors (Lipinski definition) is 2. The van der Waals surface area contributed by atoms with Gasteiger partial charge >= 0.3 is 0 Å². The average Bonchev–Trinajstić information content (AvgIpc) is 2.50. The monoisotopic (exact) mass is 281 g/mol. The normalized spacial score (nSPS) is 24.5. The van der Waals surface area contributed by atoms with Crippen LogP contribution in [-0.2, 0) is 4.79 Å². The Morgan fingerprint density at radius 2 is 2.00 bits per heavy atom. The second kappa shape index (κ2) is 7.19. The van der Waals surface area contributed by atoms with Gasteiger partial charge in [-0.2, -0.15) is 0 Å². The highest BCUT2D eigenvalue weighted by Crippen LogP contribution is 2.34. The van der Waals surface area contributed by atoms with Crippen molar-refractivity contribution in [1.82, 2.24) is 4.90 Å². The Kier molecular flexibility index (Phi) is 5.29. The zero-order valence-electron chi connectivity index (χ0n) is 12.8. The predicted molar refractivity (Wildman–Crippen MR) is 88.1 cm³/mol. The summed E-state index contributed by atoms with van der Waals surface area (Å²) in [4.78, 5) is 14.5. The summed E-state index contributed by atoms with van der Waals surface area (Å²) in [5, 5.41) is 0. The quantitative estimate of drug-likeness (QED) is 0.775. The third kappa shape index (κ3) is 3.59. The first-order chi connectivity index (χ1) is 10.2. The number of carbonyl (C=O) groups excluding carboxylic acids is 1. The molecule has 2 rings (SSSR count). The van der Waals surface area contributed by atoms with Crippen LogP contribution in [0.2, 0.25) is 0 Å². The van der Waals surface area contributed by atoms with Crippen LogP contribution in [0.1, 0.15) is 31.4 Å². The number of Topliss-reactive ketones (excluding diaryl/α,β-unsaturated/α-hetero) is 1. The SMILES string of the molecule is C=C/C=C(\C=C/C)C1CC(=O)CC(c2ccccc2)N1C. The Morgan fingerprint density at radius 1 is 1.29 bits per heavy atom. The summed E-state index contributed by atoms with van der Waals surface area (Å²) >= 11 is 0. The van der Waals surface area contributed by atoms with E-state index in [1.807, 2.05) is 37.3 Å². The minimum atomic E-state index is 0.116. The fourth-order valence-electron chi connectivity index (χ4n) is 3.01. The summed E-state index contributed by atoms with van der Waals surface area (Å²) < 4.78 is 0. The largest absolute Gasteiger partial charge is 0.300 e. The summed E-state index contributed by atoms with van der Waals surface area (Å²) in [6.07, 6.45) is 9.04. The van der Waals surface area contributed by atoms with Crippen molar-refractivity contribution in [3.63, 3.8) is 0 Å². The van der Waals surface area contributed by atoms with Crippen molar-refractivity contribution in [2.45, 2.75) is 31.8 Å². The lowest BCUT2D eigenvalue weighted by molar-refractivity contribution is -0.124. The molecule has 110 valence electrons. The number of likely N-dealkylation sites (tertiary alicyclic amines) is 1. The molecule has 2 nitrogen and oxygen atoms in total. The number of likely N-dealkylation sites (N-methyl/N-ethyl adjacent to an activating group) is 1. The van der Waals surface area contributed by atoms with E-state index < -0.39 is 0 Å². The maximum Gasteiger partial charge on any atom is 0.136 e. The second-order valence-electron chi connectivity index (χ2n) is 5.46. The van der Waals surface area contributed by atoms with E-state index >= 15 is 0 Å². The molecule has 0 radical (unpaired) electrons. The van der Waals surface area contributed by atoms with Crippen LogP contribution in [0.5, 0.6) is 0 Å². The van der Waals surface area contributed by atoms with E-state index in [4.69, 9.17) is 0 Å². The molecule has 1 aliphatic rings. The van der Waals surface area contributed by atoms with Gasteiger partial charge in [0, 0.05) is 24.9 Å². The van der Waals surface area contributed by atoms with E-state index in [1.165, 1.54) is 5.56 Å². The molecular formula is C19H23NO. The molecule has 2 atom stereocenters. The smallest absolute Gasteiger partial charge is 0.136 e. The molecule has 0 aliphatic carbocycles. The van der Waals surface area contributed by atoms with Gasteiger partial charge in [0.2, 0.25) is 0 Å². The van der Waals surface area contributed by atoms with Crippen LogP contribution in [0.25, 0.3) is 0 Å². The van der Waals surface area contributed by atoms with Crippen molar-refractivity contribution < 1.29 is 4.79 Å². The Bertz CT molecular complexity index is 556. The van der Waals surface area contributed by atoms with E-state index in [9.17, 15) is 4.79 Å². The van der Waals surface area contributed by atoms with E-state index in [1.54, 1.807) is 6.08 Å². The highest BCUT2D eigenvalue weighted by Gasteiger charge is 2.34. The van der Waals surface area contributed by atoms with Gasteiger partial charge in [0.05, 0.1) is 0 Å². The fraction of sp³-hybridized carbons (Fsp3) is 0.316. The lowest BCUT2D eigenvalue weighted by atomic mass is 9.87. The first-order valence-electron chi connectivity index (χ1n) is 7.41. The molecule has 0 aromatic heterocycles. The molecule has 0 spiro atoms. The number of carbonyl (C=O) groups is 1. The van der Waals surface area contributed by atoms with Crippen molar-refractivity contribution >= 4 is 5.78 Å². The van der Waals surface area contributed by atoms with Crippen LogP contribution in [-0.4, -0.2) is 23.8 Å². The zero-order valence-corrected chi connectivity index (χ0v) is 12.8. The lowest BCUT2D eigenvalue weighted by Gasteiger charge is -2.39. The molecular weight excluding hydrogens is 258 g/mol. The number of ketones is 1. The van der Waals surface area contributed by atoms with Gasteiger partial charge in [-0.05, 0) is 25.1 Å². The standard InChI is InChI=1S/C19H23NO/c1-4-9-15(10-5-2)18-13-17(21)14-19(20(18)3)16-11-7-6-8-12-16/h4-12,18-19H,1,13-14H2,2-3H3/b10-5-,15-9+. The van der Waals surface area contributed by atoms with Gasteiger partial charge < -0.3 is 0 Å². The molecule has 1 aromatic carbocycles. The summed E-state index contributed by atoms with van der Waals surface area (Å²) in [7, 11) is 2.11. The summed E-state index contributed by atoms with van der Waals surface area (Å²) in [5.41, 5.74) is 2.35. The highest BCUT2D eigenvalue weighted by atomic mass is 16.1. The van der Waals surface area contributed by atoms with E-state index in [0.29, 0.717) is 18.6 Å². The van der Waals surface area contributed by atoms with Crippen molar-refractivity contribution in [2.24, 2.45) is 0 Å². The van der Waals surface area contributed by atoms with Gasteiger partial charge in [0.25, 0.3) is 0 Å². The van der Waals surface area contributed by atoms with Gasteiger partial charge in [0.1, 0.15) is 5.78 Å². The number of allylic oxidation sites excluding steroid dienone is 3. The molecule has 1 heterocycles. The van der Waals surface area contributed by atoms with Gasteiger partial charge in [-0.3, -0.25) is 9.69 Å². The number of nitrogens with zero attached hydrogens (tertiary/aromatic N) is 1. The molecule has 1 saturated heterocycles.